The Kier molecular flexibility index (Phi) is 6.31. The fraction of sp³-hybridized carbons (Fsp3) is 0.318. The zero-order valence-corrected chi connectivity index (χ0v) is 16.0. The van der Waals surface area contributed by atoms with Crippen LogP contribution in [-0.2, 0) is 6.42 Å². The lowest BCUT2D eigenvalue weighted by Gasteiger charge is -2.14. The third-order valence-electron chi connectivity index (χ3n) is 4.47. The van der Waals surface area contributed by atoms with Gasteiger partial charge in [0, 0.05) is 11.3 Å². The lowest BCUT2D eigenvalue weighted by Crippen LogP contribution is -2.13. The molecule has 0 amide bonds. The van der Waals surface area contributed by atoms with Crippen molar-refractivity contribution in [1.29, 1.82) is 0 Å². The van der Waals surface area contributed by atoms with Gasteiger partial charge in [-0.3, -0.25) is 4.79 Å². The molecular formula is C22H24FNO4. The Morgan fingerprint density at radius 1 is 1.04 bits per heavy atom. The summed E-state index contributed by atoms with van der Waals surface area (Å²) in [5.74, 6) is 0.491. The van der Waals surface area contributed by atoms with Crippen molar-refractivity contribution in [2.75, 3.05) is 19.8 Å². The Morgan fingerprint density at radius 2 is 1.79 bits per heavy atom. The summed E-state index contributed by atoms with van der Waals surface area (Å²) in [5, 5.41) is 8.85. The van der Waals surface area contributed by atoms with Crippen molar-refractivity contribution in [2.45, 2.75) is 26.7 Å². The molecule has 3 aromatic rings. The van der Waals surface area contributed by atoms with E-state index in [4.69, 9.17) is 14.6 Å². The smallest absolute Gasteiger partial charge is 0.200 e. The van der Waals surface area contributed by atoms with E-state index in [1.807, 2.05) is 13.8 Å². The van der Waals surface area contributed by atoms with Gasteiger partial charge in [-0.2, -0.15) is 0 Å². The van der Waals surface area contributed by atoms with E-state index in [0.29, 0.717) is 46.9 Å². The van der Waals surface area contributed by atoms with Crippen LogP contribution in [-0.4, -0.2) is 29.9 Å². The summed E-state index contributed by atoms with van der Waals surface area (Å²) in [7, 11) is 0. The number of ether oxygens (including phenoxy) is 2. The van der Waals surface area contributed by atoms with Crippen LogP contribution in [0.4, 0.5) is 4.39 Å². The molecule has 0 fully saturated rings. The number of aliphatic hydroxyl groups is 1. The molecule has 0 aliphatic heterocycles. The molecule has 0 atom stereocenters. The lowest BCUT2D eigenvalue weighted by molar-refractivity contribution is 0.201. The Bertz CT molecular complexity index is 1010. The number of aromatic nitrogens is 1. The topological polar surface area (TPSA) is 71.6 Å². The highest BCUT2D eigenvalue weighted by molar-refractivity contribution is 5.89. The van der Waals surface area contributed by atoms with E-state index in [2.05, 4.69) is 4.98 Å². The summed E-state index contributed by atoms with van der Waals surface area (Å²) >= 11 is 0. The molecule has 2 N–H and O–H groups in total. The number of aliphatic hydroxyl groups excluding tert-OH is 1. The third kappa shape index (κ3) is 3.87. The van der Waals surface area contributed by atoms with Crippen LogP contribution in [0.15, 0.2) is 41.2 Å². The van der Waals surface area contributed by atoms with Gasteiger partial charge in [-0.05, 0) is 42.7 Å². The van der Waals surface area contributed by atoms with E-state index in [1.54, 1.807) is 30.3 Å². The first-order valence-corrected chi connectivity index (χ1v) is 9.44. The molecule has 0 saturated carbocycles. The number of fused-ring (bicyclic) bond motifs is 1. The second-order valence-electron chi connectivity index (χ2n) is 6.40. The van der Waals surface area contributed by atoms with Gasteiger partial charge in [-0.1, -0.05) is 26.0 Å². The monoisotopic (exact) mass is 385 g/mol. The number of aryl methyl sites for hydroxylation is 1. The second-order valence-corrected chi connectivity index (χ2v) is 6.40. The summed E-state index contributed by atoms with van der Waals surface area (Å²) in [4.78, 5) is 16.5. The van der Waals surface area contributed by atoms with Gasteiger partial charge in [0.1, 0.15) is 23.9 Å². The summed E-state index contributed by atoms with van der Waals surface area (Å²) in [6.07, 6.45) is 1.39. The number of halogens is 1. The summed E-state index contributed by atoms with van der Waals surface area (Å²) < 4.78 is 25.6. The number of hydrogen-bond acceptors (Lipinski definition) is 4. The van der Waals surface area contributed by atoms with Crippen LogP contribution in [0.3, 0.4) is 0 Å². The largest absolute Gasteiger partial charge is 0.491 e. The molecule has 3 rings (SSSR count). The Balaban J connectivity index is 2.16. The van der Waals surface area contributed by atoms with Gasteiger partial charge < -0.3 is 19.6 Å². The van der Waals surface area contributed by atoms with Gasteiger partial charge in [0.25, 0.3) is 0 Å². The van der Waals surface area contributed by atoms with Gasteiger partial charge in [-0.15, -0.1) is 0 Å². The Hall–Kier alpha value is -2.86. The molecule has 148 valence electrons. The van der Waals surface area contributed by atoms with Crippen LogP contribution in [0.5, 0.6) is 11.5 Å². The maximum Gasteiger partial charge on any atom is 0.200 e. The van der Waals surface area contributed by atoms with Crippen LogP contribution in [0, 0.1) is 5.82 Å². The molecule has 1 heterocycles. The van der Waals surface area contributed by atoms with Crippen molar-refractivity contribution < 1.29 is 19.0 Å². The van der Waals surface area contributed by atoms with Crippen LogP contribution in [0.2, 0.25) is 0 Å². The van der Waals surface area contributed by atoms with E-state index >= 15 is 0 Å². The summed E-state index contributed by atoms with van der Waals surface area (Å²) in [6.45, 7) is 4.53. The molecule has 2 aromatic carbocycles. The number of benzene rings is 2. The fourth-order valence-electron chi connectivity index (χ4n) is 3.16. The van der Waals surface area contributed by atoms with Crippen molar-refractivity contribution in [2.24, 2.45) is 0 Å². The highest BCUT2D eigenvalue weighted by atomic mass is 19.1. The third-order valence-corrected chi connectivity index (χ3v) is 4.47. The van der Waals surface area contributed by atoms with Crippen LogP contribution in [0.1, 0.15) is 26.0 Å². The van der Waals surface area contributed by atoms with Gasteiger partial charge >= 0.3 is 0 Å². The van der Waals surface area contributed by atoms with E-state index < -0.39 is 5.82 Å². The summed E-state index contributed by atoms with van der Waals surface area (Å²) in [5.41, 5.74) is 1.86. The maximum atomic E-state index is 14.6. The molecule has 1 aromatic heterocycles. The van der Waals surface area contributed by atoms with E-state index in [-0.39, 0.29) is 24.0 Å². The molecule has 28 heavy (non-hydrogen) atoms. The maximum absolute atomic E-state index is 14.6. The average molecular weight is 385 g/mol. The van der Waals surface area contributed by atoms with Crippen molar-refractivity contribution in [3.05, 3.63) is 58.1 Å². The standard InChI is InChI=1S/C22H24FNO4/c1-3-12-28-18-10-9-16(23)20-21(18)24-17(4-2)19(22(20)26)14-5-7-15(8-6-14)27-13-11-25/h5-10,25H,3-4,11-13H2,1-2H3,(H,24,26). The van der Waals surface area contributed by atoms with Crippen molar-refractivity contribution in [1.82, 2.24) is 4.98 Å². The van der Waals surface area contributed by atoms with Gasteiger partial charge in [0.2, 0.25) is 5.43 Å². The SMILES string of the molecule is CCCOc1ccc(F)c2c(=O)c(-c3ccc(OCCO)cc3)c(CC)[nH]c12. The van der Waals surface area contributed by atoms with Gasteiger partial charge in [-0.25, -0.2) is 4.39 Å². The predicted octanol–water partition coefficient (Wildman–Crippen LogP) is 4.06. The highest BCUT2D eigenvalue weighted by Gasteiger charge is 2.18. The molecular weight excluding hydrogens is 361 g/mol. The first kappa shape index (κ1) is 19.9. The zero-order valence-electron chi connectivity index (χ0n) is 16.0. The molecule has 0 unspecified atom stereocenters. The minimum absolute atomic E-state index is 0.00131. The average Bonchev–Trinajstić information content (AvgIpc) is 2.72. The van der Waals surface area contributed by atoms with Gasteiger partial charge in [0.05, 0.1) is 24.1 Å². The summed E-state index contributed by atoms with van der Waals surface area (Å²) in [6, 6.07) is 9.80. The molecule has 6 heteroatoms. The number of H-pyrrole nitrogens is 1. The number of hydrogen-bond donors (Lipinski definition) is 2. The van der Waals surface area contributed by atoms with Crippen LogP contribution >= 0.6 is 0 Å². The number of pyridine rings is 1. The molecule has 0 bridgehead atoms. The van der Waals surface area contributed by atoms with Crippen molar-refractivity contribution >= 4 is 10.9 Å². The molecule has 0 radical (unpaired) electrons. The Morgan fingerprint density at radius 3 is 2.43 bits per heavy atom. The first-order chi connectivity index (χ1) is 13.6. The van der Waals surface area contributed by atoms with E-state index in [0.717, 1.165) is 6.42 Å². The quantitative estimate of drug-likeness (QED) is 0.614. The van der Waals surface area contributed by atoms with Crippen LogP contribution < -0.4 is 14.9 Å². The number of nitrogens with one attached hydrogen (secondary N) is 1. The van der Waals surface area contributed by atoms with Crippen molar-refractivity contribution in [3.8, 4) is 22.6 Å². The minimum Gasteiger partial charge on any atom is -0.491 e. The highest BCUT2D eigenvalue weighted by Crippen LogP contribution is 2.30. The van der Waals surface area contributed by atoms with Gasteiger partial charge in [0.15, 0.2) is 0 Å². The molecule has 0 aliphatic carbocycles. The van der Waals surface area contributed by atoms with Crippen LogP contribution in [0.25, 0.3) is 22.0 Å². The predicted molar refractivity (Wildman–Crippen MR) is 108 cm³/mol. The number of rotatable bonds is 8. The molecule has 5 nitrogen and oxygen atoms in total. The Labute approximate surface area is 162 Å². The van der Waals surface area contributed by atoms with Crippen molar-refractivity contribution in [3.63, 3.8) is 0 Å². The normalized spacial score (nSPS) is 11.0. The second kappa shape index (κ2) is 8.89. The molecule has 0 spiro atoms. The first-order valence-electron chi connectivity index (χ1n) is 9.44. The van der Waals surface area contributed by atoms with E-state index in [9.17, 15) is 9.18 Å². The fourth-order valence-corrected chi connectivity index (χ4v) is 3.16. The number of aromatic amines is 1. The zero-order chi connectivity index (χ0) is 20.1. The minimum atomic E-state index is -0.577. The molecule has 0 aliphatic rings. The van der Waals surface area contributed by atoms with E-state index in [1.165, 1.54) is 6.07 Å². The lowest BCUT2D eigenvalue weighted by atomic mass is 9.99. The molecule has 0 saturated heterocycles.